The number of hydrogen-bond acceptors (Lipinski definition) is 4. The molecule has 0 unspecified atom stereocenters. The van der Waals surface area contributed by atoms with Crippen molar-refractivity contribution < 1.29 is 9.53 Å². The number of nitrogens with zero attached hydrogens (tertiary/aromatic N) is 1. The average molecular weight is 367 g/mol. The van der Waals surface area contributed by atoms with Gasteiger partial charge in [0.25, 0.3) is 5.91 Å². The molecule has 0 bridgehead atoms. The summed E-state index contributed by atoms with van der Waals surface area (Å²) in [5, 5.41) is 4.40. The minimum atomic E-state index is -0.0770. The molecule has 0 aliphatic heterocycles. The van der Waals surface area contributed by atoms with Crippen molar-refractivity contribution in [3.05, 3.63) is 39.9 Å². The number of halogens is 1. The van der Waals surface area contributed by atoms with Crippen molar-refractivity contribution in [2.75, 3.05) is 19.8 Å². The van der Waals surface area contributed by atoms with Crippen LogP contribution in [-0.4, -0.2) is 30.6 Å². The van der Waals surface area contributed by atoms with E-state index in [-0.39, 0.29) is 5.91 Å². The number of nitrogens with one attached hydrogen (secondary N) is 1. The zero-order valence-corrected chi connectivity index (χ0v) is 15.7. The number of carbonyl (C=O) groups is 1. The van der Waals surface area contributed by atoms with E-state index in [1.807, 2.05) is 31.2 Å². The molecule has 0 radical (unpaired) electrons. The molecule has 130 valence electrons. The van der Waals surface area contributed by atoms with Crippen LogP contribution >= 0.6 is 22.9 Å². The largest absolute Gasteiger partial charge is 0.381 e. The molecular weight excluding hydrogens is 344 g/mol. The summed E-state index contributed by atoms with van der Waals surface area (Å²) in [7, 11) is 0. The Labute approximate surface area is 152 Å². The van der Waals surface area contributed by atoms with Crippen LogP contribution in [-0.2, 0) is 4.74 Å². The van der Waals surface area contributed by atoms with E-state index in [0.717, 1.165) is 42.1 Å². The van der Waals surface area contributed by atoms with Gasteiger partial charge in [-0.05, 0) is 31.9 Å². The number of aromatic nitrogens is 1. The number of ether oxygens (including phenoxy) is 1. The van der Waals surface area contributed by atoms with Crippen LogP contribution in [0.5, 0.6) is 0 Å². The number of unbranched alkanes of at least 4 members (excludes halogenated alkanes) is 1. The first-order valence-electron chi connectivity index (χ1n) is 8.21. The summed E-state index contributed by atoms with van der Waals surface area (Å²) >= 11 is 7.41. The molecule has 2 rings (SSSR count). The maximum absolute atomic E-state index is 12.3. The molecule has 1 heterocycles. The summed E-state index contributed by atoms with van der Waals surface area (Å²) in [5.74, 6) is -0.0770. The van der Waals surface area contributed by atoms with E-state index >= 15 is 0 Å². The molecule has 0 aliphatic rings. The fraction of sp³-hybridized carbons (Fsp3) is 0.444. The molecule has 0 saturated heterocycles. The normalized spacial score (nSPS) is 10.8. The summed E-state index contributed by atoms with van der Waals surface area (Å²) < 4.78 is 5.48. The van der Waals surface area contributed by atoms with E-state index in [2.05, 4.69) is 17.2 Å². The van der Waals surface area contributed by atoms with Crippen LogP contribution in [0, 0.1) is 6.92 Å². The fourth-order valence-electron chi connectivity index (χ4n) is 2.16. The molecule has 0 atom stereocenters. The van der Waals surface area contributed by atoms with Gasteiger partial charge in [0.05, 0.1) is 5.69 Å². The Morgan fingerprint density at radius 2 is 2.12 bits per heavy atom. The standard InChI is InChI=1S/C18H23ClN2O2S/c1-3-4-10-23-11-6-9-20-17(22)16-13(2)21-18(24-16)14-7-5-8-15(19)12-14/h5,7-8,12H,3-4,6,9-11H2,1-2H3,(H,20,22). The number of hydrogen-bond donors (Lipinski definition) is 1. The van der Waals surface area contributed by atoms with Crippen molar-refractivity contribution in [2.45, 2.75) is 33.1 Å². The highest BCUT2D eigenvalue weighted by molar-refractivity contribution is 7.17. The van der Waals surface area contributed by atoms with E-state index in [0.29, 0.717) is 23.1 Å². The minimum absolute atomic E-state index is 0.0770. The lowest BCUT2D eigenvalue weighted by Gasteiger charge is -2.05. The Morgan fingerprint density at radius 3 is 2.88 bits per heavy atom. The number of amides is 1. The first-order valence-corrected chi connectivity index (χ1v) is 9.40. The van der Waals surface area contributed by atoms with E-state index in [4.69, 9.17) is 16.3 Å². The number of benzene rings is 1. The summed E-state index contributed by atoms with van der Waals surface area (Å²) in [5.41, 5.74) is 1.67. The third kappa shape index (κ3) is 5.58. The maximum atomic E-state index is 12.3. The van der Waals surface area contributed by atoms with Gasteiger partial charge in [-0.25, -0.2) is 4.98 Å². The van der Waals surface area contributed by atoms with Crippen LogP contribution in [0.15, 0.2) is 24.3 Å². The first kappa shape index (κ1) is 18.9. The van der Waals surface area contributed by atoms with Crippen LogP contribution in [0.2, 0.25) is 5.02 Å². The van der Waals surface area contributed by atoms with Gasteiger partial charge >= 0.3 is 0 Å². The van der Waals surface area contributed by atoms with Crippen molar-refractivity contribution in [1.29, 1.82) is 0 Å². The van der Waals surface area contributed by atoms with Gasteiger partial charge in [0.2, 0.25) is 0 Å². The highest BCUT2D eigenvalue weighted by Gasteiger charge is 2.15. The van der Waals surface area contributed by atoms with Crippen LogP contribution in [0.1, 0.15) is 41.6 Å². The summed E-state index contributed by atoms with van der Waals surface area (Å²) in [6.45, 7) is 6.07. The van der Waals surface area contributed by atoms with Crippen LogP contribution in [0.3, 0.4) is 0 Å². The van der Waals surface area contributed by atoms with Crippen molar-refractivity contribution in [2.24, 2.45) is 0 Å². The molecule has 0 saturated carbocycles. The number of rotatable bonds is 9. The van der Waals surface area contributed by atoms with Crippen LogP contribution in [0.4, 0.5) is 0 Å². The second kappa shape index (κ2) is 9.77. The Hall–Kier alpha value is -1.43. The summed E-state index contributed by atoms with van der Waals surface area (Å²) in [6, 6.07) is 7.50. The van der Waals surface area contributed by atoms with Crippen LogP contribution < -0.4 is 5.32 Å². The van der Waals surface area contributed by atoms with Crippen molar-refractivity contribution in [3.63, 3.8) is 0 Å². The Morgan fingerprint density at radius 1 is 1.33 bits per heavy atom. The third-order valence-electron chi connectivity index (χ3n) is 3.47. The predicted octanol–water partition coefficient (Wildman–Crippen LogP) is 4.71. The molecule has 1 N–H and O–H groups in total. The maximum Gasteiger partial charge on any atom is 0.263 e. The van der Waals surface area contributed by atoms with Crippen molar-refractivity contribution in [1.82, 2.24) is 10.3 Å². The Balaban J connectivity index is 1.87. The van der Waals surface area contributed by atoms with E-state index in [1.165, 1.54) is 11.3 Å². The fourth-order valence-corrected chi connectivity index (χ4v) is 3.33. The van der Waals surface area contributed by atoms with Gasteiger partial charge in [-0.3, -0.25) is 4.79 Å². The SMILES string of the molecule is CCCCOCCCNC(=O)c1sc(-c2cccc(Cl)c2)nc1C. The summed E-state index contributed by atoms with van der Waals surface area (Å²) in [6.07, 6.45) is 3.03. The molecule has 4 nitrogen and oxygen atoms in total. The lowest BCUT2D eigenvalue weighted by Crippen LogP contribution is -2.25. The summed E-state index contributed by atoms with van der Waals surface area (Å²) in [4.78, 5) is 17.5. The van der Waals surface area contributed by atoms with Gasteiger partial charge < -0.3 is 10.1 Å². The second-order valence-corrected chi connectivity index (χ2v) is 6.95. The first-order chi connectivity index (χ1) is 11.6. The molecule has 6 heteroatoms. The number of carbonyl (C=O) groups excluding carboxylic acids is 1. The Kier molecular flexibility index (Phi) is 7.69. The lowest BCUT2D eigenvalue weighted by atomic mass is 10.2. The van der Waals surface area contributed by atoms with Gasteiger partial charge in [0.1, 0.15) is 9.88 Å². The van der Waals surface area contributed by atoms with E-state index in [1.54, 1.807) is 0 Å². The van der Waals surface area contributed by atoms with Crippen LogP contribution in [0.25, 0.3) is 10.6 Å². The van der Waals surface area contributed by atoms with Gasteiger partial charge in [-0.2, -0.15) is 0 Å². The molecular formula is C18H23ClN2O2S. The average Bonchev–Trinajstić information content (AvgIpc) is 2.96. The molecule has 0 aliphatic carbocycles. The van der Waals surface area contributed by atoms with Crippen molar-refractivity contribution in [3.8, 4) is 10.6 Å². The van der Waals surface area contributed by atoms with E-state index in [9.17, 15) is 4.79 Å². The predicted molar refractivity (Wildman–Crippen MR) is 100.0 cm³/mol. The zero-order chi connectivity index (χ0) is 17.4. The topological polar surface area (TPSA) is 51.2 Å². The quantitative estimate of drug-likeness (QED) is 0.654. The second-order valence-electron chi connectivity index (χ2n) is 5.52. The van der Waals surface area contributed by atoms with Crippen molar-refractivity contribution >= 4 is 28.8 Å². The molecule has 1 amide bonds. The highest BCUT2D eigenvalue weighted by atomic mass is 35.5. The highest BCUT2D eigenvalue weighted by Crippen LogP contribution is 2.29. The Bertz CT molecular complexity index is 673. The van der Waals surface area contributed by atoms with Gasteiger partial charge in [0, 0.05) is 30.3 Å². The van der Waals surface area contributed by atoms with Gasteiger partial charge in [-0.1, -0.05) is 37.1 Å². The molecule has 0 fully saturated rings. The molecule has 0 spiro atoms. The third-order valence-corrected chi connectivity index (χ3v) is 4.91. The minimum Gasteiger partial charge on any atom is -0.381 e. The van der Waals surface area contributed by atoms with Gasteiger partial charge in [-0.15, -0.1) is 11.3 Å². The van der Waals surface area contributed by atoms with Gasteiger partial charge in [0.15, 0.2) is 0 Å². The van der Waals surface area contributed by atoms with E-state index < -0.39 is 0 Å². The monoisotopic (exact) mass is 366 g/mol. The smallest absolute Gasteiger partial charge is 0.263 e. The lowest BCUT2D eigenvalue weighted by molar-refractivity contribution is 0.0943. The number of aryl methyl sites for hydroxylation is 1. The number of thiazole rings is 1. The molecule has 24 heavy (non-hydrogen) atoms. The molecule has 2 aromatic rings. The molecule has 1 aromatic heterocycles. The molecule has 1 aromatic carbocycles. The zero-order valence-electron chi connectivity index (χ0n) is 14.1.